The zero-order chi connectivity index (χ0) is 50.1. The number of benzene rings is 2. The quantitative estimate of drug-likeness (QED) is 0.0409. The standard InChI is InChI=1S/C22H32O2.C21H29O2.2C7H15O3.2Y/c1-6-7-8-9-17-13-20(23)21(22(24)16(17)5)19-12-15(4)10-11-18(19)14(2)3;1-5-6-7-8-16-12-19(22)21(20(23)13-16)18-11-15(4)9-10-17(18)14(2)3;2*1-3-9-6-7-10-5-4-8-2;;/h12-13,18-19,23-24H,2,6-11H2,1,3-5H3;11-12,17-18,22-23H,2,5-10H2,1,3-4H3;2*1,3-7H2,2H3;;/q;3*-1;;. The van der Waals surface area contributed by atoms with Gasteiger partial charge < -0.3 is 62.7 Å². The summed E-state index contributed by atoms with van der Waals surface area (Å²) in [6.45, 7) is 36.0. The Morgan fingerprint density at radius 2 is 1.04 bits per heavy atom. The number of allylic oxidation sites excluding steroid dienone is 6. The smallest absolute Gasteiger partial charge is 0.126 e. The molecule has 69 heavy (non-hydrogen) atoms. The Labute approximate surface area is 470 Å². The van der Waals surface area contributed by atoms with Gasteiger partial charge in [0.2, 0.25) is 0 Å². The number of aryl methyl sites for hydroxylation is 2. The van der Waals surface area contributed by atoms with Crippen molar-refractivity contribution in [3.63, 3.8) is 0 Å². The molecule has 4 unspecified atom stereocenters. The average molecular weight is 1110 g/mol. The van der Waals surface area contributed by atoms with Crippen molar-refractivity contribution < 1.29 is 114 Å². The van der Waals surface area contributed by atoms with Crippen LogP contribution in [0.25, 0.3) is 0 Å². The number of ether oxygens (including phenoxy) is 6. The molecule has 388 valence electrons. The largest absolute Gasteiger partial charge is 0.533 e. The second-order valence-electron chi connectivity index (χ2n) is 17.8. The molecule has 2 aliphatic carbocycles. The summed E-state index contributed by atoms with van der Waals surface area (Å²) in [5.74, 6) is 1.32. The molecule has 0 fully saturated rings. The van der Waals surface area contributed by atoms with E-state index in [4.69, 9.17) is 28.4 Å². The fraction of sp³-hybridized carbons (Fsp3) is 0.614. The fourth-order valence-corrected chi connectivity index (χ4v) is 8.37. The minimum atomic E-state index is -0.0119. The molecule has 0 saturated heterocycles. The van der Waals surface area contributed by atoms with E-state index in [1.165, 1.54) is 24.0 Å². The molecule has 4 rings (SSSR count). The van der Waals surface area contributed by atoms with Gasteiger partial charge in [-0.2, -0.15) is 5.56 Å². The van der Waals surface area contributed by atoms with Crippen molar-refractivity contribution in [2.45, 2.75) is 137 Å². The maximum absolute atomic E-state index is 10.8. The van der Waals surface area contributed by atoms with Crippen LogP contribution in [0, 0.1) is 38.7 Å². The zero-order valence-electron chi connectivity index (χ0n) is 44.4. The molecule has 10 nitrogen and oxygen atoms in total. The maximum Gasteiger partial charge on any atom is 0.126 e. The van der Waals surface area contributed by atoms with Crippen LogP contribution in [0.4, 0.5) is 0 Å². The first-order chi connectivity index (χ1) is 32.1. The Morgan fingerprint density at radius 3 is 1.46 bits per heavy atom. The molecule has 0 amide bonds. The first-order valence-corrected chi connectivity index (χ1v) is 24.7. The summed E-state index contributed by atoms with van der Waals surface area (Å²) in [5.41, 5.74) is 8.99. The molecule has 0 aliphatic heterocycles. The predicted molar refractivity (Wildman–Crippen MR) is 275 cm³/mol. The van der Waals surface area contributed by atoms with Gasteiger partial charge in [0.25, 0.3) is 0 Å². The molecule has 2 aliphatic rings. The van der Waals surface area contributed by atoms with Gasteiger partial charge in [0.15, 0.2) is 0 Å². The van der Waals surface area contributed by atoms with E-state index in [1.54, 1.807) is 20.3 Å². The van der Waals surface area contributed by atoms with Gasteiger partial charge in [-0.3, -0.25) is 0 Å². The number of rotatable bonds is 26. The van der Waals surface area contributed by atoms with E-state index in [-0.39, 0.29) is 112 Å². The maximum atomic E-state index is 10.8. The van der Waals surface area contributed by atoms with E-state index in [2.05, 4.69) is 72.9 Å². The van der Waals surface area contributed by atoms with Crippen molar-refractivity contribution in [1.29, 1.82) is 0 Å². The van der Waals surface area contributed by atoms with Crippen LogP contribution >= 0.6 is 0 Å². The average Bonchev–Trinajstić information content (AvgIpc) is 3.28. The Bertz CT molecular complexity index is 1700. The molecule has 12 heteroatoms. The van der Waals surface area contributed by atoms with Gasteiger partial charge in [0, 0.05) is 103 Å². The zero-order valence-corrected chi connectivity index (χ0v) is 50.1. The summed E-state index contributed by atoms with van der Waals surface area (Å²) >= 11 is 0. The summed E-state index contributed by atoms with van der Waals surface area (Å²) < 4.78 is 29.6. The first-order valence-electron chi connectivity index (χ1n) is 24.7. The van der Waals surface area contributed by atoms with Gasteiger partial charge in [0.1, 0.15) is 11.5 Å². The fourth-order valence-electron chi connectivity index (χ4n) is 8.37. The number of hydrogen-bond acceptors (Lipinski definition) is 10. The first kappa shape index (κ1) is 69.6. The molecule has 0 spiro atoms. The Morgan fingerprint density at radius 1 is 0.623 bits per heavy atom. The van der Waals surface area contributed by atoms with E-state index in [1.807, 2.05) is 26.8 Å². The van der Waals surface area contributed by atoms with Gasteiger partial charge in [-0.15, -0.1) is 12.1 Å². The van der Waals surface area contributed by atoms with Gasteiger partial charge in [0.05, 0.1) is 52.9 Å². The van der Waals surface area contributed by atoms with E-state index >= 15 is 0 Å². The third-order valence-electron chi connectivity index (χ3n) is 12.2. The molecule has 2 aromatic carbocycles. The van der Waals surface area contributed by atoms with E-state index < -0.39 is 0 Å². The van der Waals surface area contributed by atoms with E-state index in [9.17, 15) is 20.4 Å². The molecule has 4 N–H and O–H groups in total. The summed E-state index contributed by atoms with van der Waals surface area (Å²) in [5, 5.41) is 42.5. The SMILES string of the molecule is C=C(C)C1CCC(C)=CC1c1c(O)[c-]c(CCCCC)cc1O.C=C(C)C1CCC(C)=CC1c1c(O)cc(CCCCC)c(C)c1O.[CH2-]COCCOCCOC.[CH2-]COCCOCCOC.[Y].[Y]. The van der Waals surface area contributed by atoms with Crippen LogP contribution in [-0.2, 0) is 107 Å². The summed E-state index contributed by atoms with van der Waals surface area (Å²) in [4.78, 5) is 0. The van der Waals surface area contributed by atoms with Crippen molar-refractivity contribution >= 4 is 0 Å². The Hall–Kier alpha value is -1.43. The molecule has 2 aromatic rings. The van der Waals surface area contributed by atoms with E-state index in [0.717, 1.165) is 92.0 Å². The number of aromatic hydroxyl groups is 4. The van der Waals surface area contributed by atoms with Crippen molar-refractivity contribution in [1.82, 2.24) is 0 Å². The molecular weight excluding hydrogens is 1020 g/mol. The molecule has 0 bridgehead atoms. The summed E-state index contributed by atoms with van der Waals surface area (Å²) in [7, 11) is 3.30. The second-order valence-corrected chi connectivity index (χ2v) is 17.8. The molecule has 0 aromatic heterocycles. The summed E-state index contributed by atoms with van der Waals surface area (Å²) in [6.07, 6.45) is 17.1. The molecule has 0 heterocycles. The van der Waals surface area contributed by atoms with Crippen molar-refractivity contribution in [3.8, 4) is 23.0 Å². The van der Waals surface area contributed by atoms with Crippen LogP contribution in [0.1, 0.15) is 145 Å². The number of hydrogen-bond donors (Lipinski definition) is 4. The Kier molecular flexibility index (Phi) is 42.4. The minimum absolute atomic E-state index is 0. The number of phenolic OH excluding ortho intramolecular Hbond substituents is 4. The minimum Gasteiger partial charge on any atom is -0.533 e. The molecule has 4 atom stereocenters. The third-order valence-corrected chi connectivity index (χ3v) is 12.2. The topological polar surface area (TPSA) is 136 Å². The van der Waals surface area contributed by atoms with E-state index in [0.29, 0.717) is 77.2 Å². The number of unbranched alkanes of at least 4 members (excludes halogenated alkanes) is 4. The molecule has 0 saturated carbocycles. The van der Waals surface area contributed by atoms with Crippen LogP contribution in [0.15, 0.2) is 59.7 Å². The van der Waals surface area contributed by atoms with Crippen LogP contribution in [0.2, 0.25) is 0 Å². The van der Waals surface area contributed by atoms with Crippen LogP contribution in [0.5, 0.6) is 23.0 Å². The van der Waals surface area contributed by atoms with Gasteiger partial charge in [-0.25, -0.2) is 0 Å². The second kappa shape index (κ2) is 42.0. The van der Waals surface area contributed by atoms with Crippen LogP contribution < -0.4 is 0 Å². The molecular formula is C57H91O10Y2-3. The summed E-state index contributed by atoms with van der Waals surface area (Å²) in [6, 6.07) is 6.73. The number of methoxy groups -OCH3 is 2. The van der Waals surface area contributed by atoms with Crippen molar-refractivity contribution in [2.24, 2.45) is 11.8 Å². The van der Waals surface area contributed by atoms with Gasteiger partial charge >= 0.3 is 0 Å². The van der Waals surface area contributed by atoms with Crippen LogP contribution in [-0.4, -0.2) is 101 Å². The van der Waals surface area contributed by atoms with Crippen LogP contribution in [0.3, 0.4) is 0 Å². The number of phenols is 4. The third kappa shape index (κ3) is 27.4. The Balaban J connectivity index is 0. The monoisotopic (exact) mass is 1110 g/mol. The van der Waals surface area contributed by atoms with Crippen molar-refractivity contribution in [3.05, 3.63) is 107 Å². The normalized spacial score (nSPS) is 17.2. The predicted octanol–water partition coefficient (Wildman–Crippen LogP) is 12.8. The van der Waals surface area contributed by atoms with Gasteiger partial charge in [-0.05, 0) is 108 Å². The molecule has 2 radical (unpaired) electrons. The van der Waals surface area contributed by atoms with Gasteiger partial charge in [-0.1, -0.05) is 119 Å². The van der Waals surface area contributed by atoms with Crippen molar-refractivity contribution in [2.75, 3.05) is 80.3 Å².